The fourth-order valence-corrected chi connectivity index (χ4v) is 5.02. The summed E-state index contributed by atoms with van der Waals surface area (Å²) in [4.78, 5) is 29.5. The molecule has 9 heteroatoms. The van der Waals surface area contributed by atoms with Gasteiger partial charge in [-0.15, -0.1) is 12.4 Å². The lowest BCUT2D eigenvalue weighted by atomic mass is 9.98. The van der Waals surface area contributed by atoms with Crippen LogP contribution in [0.1, 0.15) is 31.7 Å². The molecular formula is C19H24ClFN4O3. The molecular weight excluding hydrogens is 387 g/mol. The van der Waals surface area contributed by atoms with Crippen LogP contribution in [0.25, 0.3) is 10.9 Å². The van der Waals surface area contributed by atoms with E-state index in [2.05, 4.69) is 4.98 Å². The molecule has 28 heavy (non-hydrogen) atoms. The number of aromatic nitrogens is 2. The molecule has 2 aliphatic carbocycles. The van der Waals surface area contributed by atoms with Crippen LogP contribution in [-0.4, -0.2) is 35.8 Å². The Morgan fingerprint density at radius 1 is 1.21 bits per heavy atom. The number of hydrogen-bond donors (Lipinski definition) is 2. The smallest absolute Gasteiger partial charge is 0.329 e. The van der Waals surface area contributed by atoms with Crippen LogP contribution in [0.2, 0.25) is 0 Å². The predicted octanol–water partition coefficient (Wildman–Crippen LogP) is 1.77. The van der Waals surface area contributed by atoms with Gasteiger partial charge in [0.1, 0.15) is 11.3 Å². The van der Waals surface area contributed by atoms with Crippen molar-refractivity contribution in [2.45, 2.75) is 37.8 Å². The molecule has 5 rings (SSSR count). The standard InChI is InChI=1S/C19H23FN4O3.ClH/c1-27-14-6-12(20)16(23-7-9-2-5-13(21)11(9)8-23)15-17(14)24(10-3-4-10)19(26)22-18(15)25;/h6,9-11,13H,2-5,7-8,21H2,1H3,(H,22,25,26);1H/t9-,11+,13?;/m0./s1. The number of aromatic amines is 1. The van der Waals surface area contributed by atoms with Crippen molar-refractivity contribution in [2.24, 2.45) is 17.6 Å². The summed E-state index contributed by atoms with van der Waals surface area (Å²) in [5.74, 6) is 0.455. The van der Waals surface area contributed by atoms with Gasteiger partial charge >= 0.3 is 5.69 Å². The second-order valence-corrected chi connectivity index (χ2v) is 8.06. The minimum Gasteiger partial charge on any atom is -0.494 e. The zero-order valence-electron chi connectivity index (χ0n) is 15.6. The lowest BCUT2D eigenvalue weighted by Gasteiger charge is -2.24. The summed E-state index contributed by atoms with van der Waals surface area (Å²) in [6.45, 7) is 1.31. The molecule has 0 amide bonds. The van der Waals surface area contributed by atoms with Gasteiger partial charge in [-0.2, -0.15) is 0 Å². The number of ether oxygens (including phenoxy) is 1. The molecule has 2 heterocycles. The van der Waals surface area contributed by atoms with Gasteiger partial charge in [-0.05, 0) is 37.5 Å². The zero-order valence-corrected chi connectivity index (χ0v) is 16.4. The van der Waals surface area contributed by atoms with E-state index in [1.165, 1.54) is 13.2 Å². The molecule has 3 atom stereocenters. The van der Waals surface area contributed by atoms with Crippen LogP contribution in [0.4, 0.5) is 10.1 Å². The number of methoxy groups -OCH3 is 1. The maximum atomic E-state index is 15.1. The van der Waals surface area contributed by atoms with Crippen molar-refractivity contribution in [3.63, 3.8) is 0 Å². The minimum absolute atomic E-state index is 0. The number of anilines is 1. The third kappa shape index (κ3) is 2.73. The molecule has 3 aliphatic rings. The lowest BCUT2D eigenvalue weighted by Crippen LogP contribution is -2.33. The Labute approximate surface area is 167 Å². The molecule has 7 nitrogen and oxygen atoms in total. The number of nitrogens with zero attached hydrogens (tertiary/aromatic N) is 2. The molecule has 0 bridgehead atoms. The highest BCUT2D eigenvalue weighted by molar-refractivity contribution is 5.96. The number of nitrogens with one attached hydrogen (secondary N) is 1. The third-order valence-corrected chi connectivity index (χ3v) is 6.46. The van der Waals surface area contributed by atoms with Crippen molar-refractivity contribution in [3.8, 4) is 5.75 Å². The number of nitrogens with two attached hydrogens (primary N) is 1. The van der Waals surface area contributed by atoms with E-state index in [0.29, 0.717) is 30.4 Å². The Morgan fingerprint density at radius 3 is 2.61 bits per heavy atom. The SMILES string of the molecule is COc1cc(F)c(N2C[C@@H]3CCC(N)[C@@H]3C2)c2c(=O)[nH]c(=O)n(C3CC3)c12.Cl. The van der Waals surface area contributed by atoms with Crippen LogP contribution in [0.5, 0.6) is 5.75 Å². The Bertz CT molecular complexity index is 1050. The number of rotatable bonds is 3. The van der Waals surface area contributed by atoms with Gasteiger partial charge in [-0.1, -0.05) is 0 Å². The number of H-pyrrole nitrogens is 1. The van der Waals surface area contributed by atoms with Gasteiger partial charge in [0.25, 0.3) is 5.56 Å². The van der Waals surface area contributed by atoms with E-state index in [1.54, 1.807) is 4.57 Å². The Kier molecular flexibility index (Phi) is 4.66. The highest BCUT2D eigenvalue weighted by atomic mass is 35.5. The van der Waals surface area contributed by atoms with Crippen molar-refractivity contribution in [2.75, 3.05) is 25.1 Å². The fourth-order valence-electron chi connectivity index (χ4n) is 5.02. The summed E-state index contributed by atoms with van der Waals surface area (Å²) in [5, 5.41) is 0.201. The first-order valence-corrected chi connectivity index (χ1v) is 9.55. The van der Waals surface area contributed by atoms with E-state index < -0.39 is 17.1 Å². The van der Waals surface area contributed by atoms with Crippen LogP contribution in [0.15, 0.2) is 15.7 Å². The Hall–Kier alpha value is -2.06. The van der Waals surface area contributed by atoms with Gasteiger partial charge in [0, 0.05) is 31.2 Å². The summed E-state index contributed by atoms with van der Waals surface area (Å²) in [5.41, 5.74) is 5.85. The van der Waals surface area contributed by atoms with Crippen LogP contribution >= 0.6 is 12.4 Å². The largest absolute Gasteiger partial charge is 0.494 e. The Morgan fingerprint density at radius 2 is 1.96 bits per heavy atom. The zero-order chi connectivity index (χ0) is 18.9. The molecule has 2 saturated carbocycles. The minimum atomic E-state index is -0.568. The molecule has 0 spiro atoms. The molecule has 1 saturated heterocycles. The molecule has 152 valence electrons. The van der Waals surface area contributed by atoms with Crippen LogP contribution in [0, 0.1) is 17.7 Å². The normalized spacial score (nSPS) is 26.4. The first kappa shape index (κ1) is 19.3. The van der Waals surface area contributed by atoms with Crippen molar-refractivity contribution in [1.29, 1.82) is 0 Å². The Balaban J connectivity index is 0.00000192. The van der Waals surface area contributed by atoms with Crippen LogP contribution < -0.4 is 26.6 Å². The highest BCUT2D eigenvalue weighted by Gasteiger charge is 2.42. The first-order valence-electron chi connectivity index (χ1n) is 9.55. The van der Waals surface area contributed by atoms with E-state index in [-0.39, 0.29) is 41.3 Å². The summed E-state index contributed by atoms with van der Waals surface area (Å²) < 4.78 is 22.0. The predicted molar refractivity (Wildman–Crippen MR) is 107 cm³/mol. The second-order valence-electron chi connectivity index (χ2n) is 8.06. The van der Waals surface area contributed by atoms with Gasteiger partial charge in [-0.25, -0.2) is 9.18 Å². The maximum absolute atomic E-state index is 15.1. The van der Waals surface area contributed by atoms with Crippen LogP contribution in [0.3, 0.4) is 0 Å². The average Bonchev–Trinajstić information content (AvgIpc) is 3.28. The summed E-state index contributed by atoms with van der Waals surface area (Å²) in [6, 6.07) is 1.44. The van der Waals surface area contributed by atoms with Gasteiger partial charge in [0.05, 0.1) is 18.2 Å². The van der Waals surface area contributed by atoms with Gasteiger partial charge in [0.2, 0.25) is 0 Å². The van der Waals surface area contributed by atoms with E-state index in [9.17, 15) is 9.59 Å². The maximum Gasteiger partial charge on any atom is 0.329 e. The molecule has 1 aromatic carbocycles. The summed E-state index contributed by atoms with van der Waals surface area (Å²) in [6.07, 6.45) is 3.75. The number of hydrogen-bond acceptors (Lipinski definition) is 5. The highest BCUT2D eigenvalue weighted by Crippen LogP contribution is 2.44. The topological polar surface area (TPSA) is 93.3 Å². The van der Waals surface area contributed by atoms with Gasteiger partial charge in [-0.3, -0.25) is 14.3 Å². The summed E-state index contributed by atoms with van der Waals surface area (Å²) in [7, 11) is 1.43. The summed E-state index contributed by atoms with van der Waals surface area (Å²) >= 11 is 0. The third-order valence-electron chi connectivity index (χ3n) is 6.46. The van der Waals surface area contributed by atoms with Gasteiger partial charge in [0.15, 0.2) is 5.82 Å². The van der Waals surface area contributed by atoms with E-state index in [0.717, 1.165) is 25.7 Å². The van der Waals surface area contributed by atoms with Crippen molar-refractivity contribution < 1.29 is 9.13 Å². The van der Waals surface area contributed by atoms with Crippen molar-refractivity contribution in [3.05, 3.63) is 32.7 Å². The number of fused-ring (bicyclic) bond motifs is 2. The first-order chi connectivity index (χ1) is 13.0. The lowest BCUT2D eigenvalue weighted by molar-refractivity contribution is 0.413. The number of halogens is 2. The van der Waals surface area contributed by atoms with E-state index >= 15 is 4.39 Å². The molecule has 0 radical (unpaired) electrons. The molecule has 1 aromatic heterocycles. The molecule has 3 fully saturated rings. The molecule has 1 aliphatic heterocycles. The van der Waals surface area contributed by atoms with Crippen LogP contribution in [-0.2, 0) is 0 Å². The van der Waals surface area contributed by atoms with Gasteiger partial charge < -0.3 is 15.4 Å². The molecule has 1 unspecified atom stereocenters. The van der Waals surface area contributed by atoms with Crippen molar-refractivity contribution >= 4 is 29.0 Å². The number of benzene rings is 1. The molecule has 2 aromatic rings. The fraction of sp³-hybridized carbons (Fsp3) is 0.579. The van der Waals surface area contributed by atoms with E-state index in [1.807, 2.05) is 4.90 Å². The van der Waals surface area contributed by atoms with E-state index in [4.69, 9.17) is 10.5 Å². The van der Waals surface area contributed by atoms with Crippen molar-refractivity contribution in [1.82, 2.24) is 9.55 Å². The monoisotopic (exact) mass is 410 g/mol. The second kappa shape index (κ2) is 6.77. The molecule has 3 N–H and O–H groups in total. The quantitative estimate of drug-likeness (QED) is 0.804. The average molecular weight is 411 g/mol.